The molecule has 2 heterocycles. The summed E-state index contributed by atoms with van der Waals surface area (Å²) in [6.45, 7) is 0.299. The molecule has 3 aromatic rings. The first-order chi connectivity index (χ1) is 12.7. The maximum atomic E-state index is 12.3. The molecule has 0 aliphatic carbocycles. The molecule has 1 aromatic carbocycles. The number of pyridine rings is 1. The number of carbonyl (C=O) groups is 1. The van der Waals surface area contributed by atoms with Crippen molar-refractivity contribution in [1.29, 1.82) is 0 Å². The summed E-state index contributed by atoms with van der Waals surface area (Å²) in [5.41, 5.74) is 2.00. The molecule has 3 rings (SSSR count). The molecule has 7 heteroatoms. The van der Waals surface area contributed by atoms with Gasteiger partial charge in [-0.3, -0.25) is 19.1 Å². The zero-order valence-electron chi connectivity index (χ0n) is 14.3. The molecule has 7 nitrogen and oxygen atoms in total. The van der Waals surface area contributed by atoms with Crippen LogP contribution < -0.4 is 15.6 Å². The van der Waals surface area contributed by atoms with Crippen molar-refractivity contribution < 1.29 is 9.53 Å². The largest absolute Gasteiger partial charge is 0.497 e. The fourth-order valence-electron chi connectivity index (χ4n) is 2.38. The summed E-state index contributed by atoms with van der Waals surface area (Å²) in [5.74, 6) is 0.468. The number of aromatic nitrogens is 3. The minimum atomic E-state index is -0.287. The van der Waals surface area contributed by atoms with E-state index >= 15 is 0 Å². The van der Waals surface area contributed by atoms with E-state index in [1.165, 1.54) is 17.0 Å². The van der Waals surface area contributed by atoms with Gasteiger partial charge in [0.25, 0.3) is 5.56 Å². The Bertz CT molecular complexity index is 937. The number of methoxy groups -OCH3 is 1. The molecule has 0 spiro atoms. The average molecular weight is 350 g/mol. The van der Waals surface area contributed by atoms with Crippen molar-refractivity contribution >= 4 is 5.91 Å². The lowest BCUT2D eigenvalue weighted by atomic mass is 10.1. The summed E-state index contributed by atoms with van der Waals surface area (Å²) in [6, 6.07) is 12.3. The number of hydrogen-bond acceptors (Lipinski definition) is 5. The van der Waals surface area contributed by atoms with Gasteiger partial charge in [0.05, 0.1) is 19.1 Å². The Morgan fingerprint density at radius 3 is 2.54 bits per heavy atom. The highest BCUT2D eigenvalue weighted by Crippen LogP contribution is 2.19. The highest BCUT2D eigenvalue weighted by atomic mass is 16.5. The van der Waals surface area contributed by atoms with Crippen LogP contribution >= 0.6 is 0 Å². The molecule has 2 aromatic heterocycles. The third-order valence-electron chi connectivity index (χ3n) is 3.82. The van der Waals surface area contributed by atoms with Crippen molar-refractivity contribution in [3.05, 3.63) is 77.1 Å². The van der Waals surface area contributed by atoms with Gasteiger partial charge in [-0.25, -0.2) is 4.98 Å². The van der Waals surface area contributed by atoms with Gasteiger partial charge in [-0.2, -0.15) is 0 Å². The van der Waals surface area contributed by atoms with E-state index in [1.54, 1.807) is 31.6 Å². The summed E-state index contributed by atoms with van der Waals surface area (Å²) in [6.07, 6.45) is 4.70. The molecule has 0 radical (unpaired) electrons. The first kappa shape index (κ1) is 17.3. The fourth-order valence-corrected chi connectivity index (χ4v) is 2.38. The van der Waals surface area contributed by atoms with E-state index in [2.05, 4.69) is 15.3 Å². The van der Waals surface area contributed by atoms with E-state index in [9.17, 15) is 9.59 Å². The monoisotopic (exact) mass is 350 g/mol. The van der Waals surface area contributed by atoms with Crippen molar-refractivity contribution in [3.8, 4) is 17.0 Å². The van der Waals surface area contributed by atoms with E-state index in [-0.39, 0.29) is 18.0 Å². The number of ether oxygens (including phenoxy) is 1. The smallest absolute Gasteiger partial charge is 0.254 e. The summed E-state index contributed by atoms with van der Waals surface area (Å²) in [4.78, 5) is 32.5. The SMILES string of the molecule is COc1ccc(-c2cc(=O)n(CC(=O)NCc3ccncc3)cn2)cc1. The Kier molecular flexibility index (Phi) is 5.38. The number of rotatable bonds is 6. The van der Waals surface area contributed by atoms with Gasteiger partial charge in [-0.05, 0) is 42.0 Å². The number of carbonyl (C=O) groups excluding carboxylic acids is 1. The van der Waals surface area contributed by atoms with Crippen LogP contribution in [0.5, 0.6) is 5.75 Å². The van der Waals surface area contributed by atoms with Crippen LogP contribution in [0.15, 0.2) is 66.0 Å². The van der Waals surface area contributed by atoms with Gasteiger partial charge in [0.2, 0.25) is 5.91 Å². The van der Waals surface area contributed by atoms with E-state index in [0.717, 1.165) is 16.9 Å². The van der Waals surface area contributed by atoms with Crippen LogP contribution in [0.25, 0.3) is 11.3 Å². The summed E-state index contributed by atoms with van der Waals surface area (Å²) < 4.78 is 6.39. The van der Waals surface area contributed by atoms with Crippen LogP contribution in [-0.2, 0) is 17.9 Å². The van der Waals surface area contributed by atoms with Crippen LogP contribution in [0.1, 0.15) is 5.56 Å². The zero-order valence-corrected chi connectivity index (χ0v) is 14.3. The van der Waals surface area contributed by atoms with Crippen molar-refractivity contribution in [2.75, 3.05) is 7.11 Å². The maximum Gasteiger partial charge on any atom is 0.254 e. The van der Waals surface area contributed by atoms with Crippen molar-refractivity contribution in [1.82, 2.24) is 19.9 Å². The molecule has 0 fully saturated rings. The van der Waals surface area contributed by atoms with Crippen molar-refractivity contribution in [3.63, 3.8) is 0 Å². The van der Waals surface area contributed by atoms with E-state index in [1.807, 2.05) is 24.3 Å². The summed E-state index contributed by atoms with van der Waals surface area (Å²) in [7, 11) is 1.59. The second kappa shape index (κ2) is 8.06. The third-order valence-corrected chi connectivity index (χ3v) is 3.82. The van der Waals surface area contributed by atoms with Crippen LogP contribution in [0.4, 0.5) is 0 Å². The van der Waals surface area contributed by atoms with Crippen molar-refractivity contribution in [2.45, 2.75) is 13.1 Å². The molecule has 0 unspecified atom stereocenters. The van der Waals surface area contributed by atoms with E-state index in [0.29, 0.717) is 12.2 Å². The molecule has 0 saturated heterocycles. The summed E-state index contributed by atoms with van der Waals surface area (Å²) >= 11 is 0. The Morgan fingerprint density at radius 2 is 1.88 bits per heavy atom. The molecule has 0 aliphatic rings. The Hall–Kier alpha value is -3.48. The lowest BCUT2D eigenvalue weighted by Gasteiger charge is -2.08. The lowest BCUT2D eigenvalue weighted by Crippen LogP contribution is -2.31. The van der Waals surface area contributed by atoms with E-state index < -0.39 is 0 Å². The molecule has 0 aliphatic heterocycles. The maximum absolute atomic E-state index is 12.3. The third kappa shape index (κ3) is 4.32. The highest BCUT2D eigenvalue weighted by Gasteiger charge is 2.07. The number of amides is 1. The molecule has 0 bridgehead atoms. The lowest BCUT2D eigenvalue weighted by molar-refractivity contribution is -0.121. The van der Waals surface area contributed by atoms with Gasteiger partial charge in [0, 0.05) is 30.6 Å². The van der Waals surface area contributed by atoms with Crippen LogP contribution in [0, 0.1) is 0 Å². The van der Waals surface area contributed by atoms with Crippen LogP contribution in [0.3, 0.4) is 0 Å². The molecular formula is C19H18N4O3. The minimum absolute atomic E-state index is 0.0835. The van der Waals surface area contributed by atoms with E-state index in [4.69, 9.17) is 4.74 Å². The highest BCUT2D eigenvalue weighted by molar-refractivity contribution is 5.75. The molecular weight excluding hydrogens is 332 g/mol. The predicted molar refractivity (Wildman–Crippen MR) is 96.6 cm³/mol. The standard InChI is InChI=1S/C19H18N4O3/c1-26-16-4-2-15(3-5-16)17-10-19(25)23(13-22-17)12-18(24)21-11-14-6-8-20-9-7-14/h2-10,13H,11-12H2,1H3,(H,21,24). The first-order valence-electron chi connectivity index (χ1n) is 8.02. The molecule has 1 N–H and O–H groups in total. The Morgan fingerprint density at radius 1 is 1.15 bits per heavy atom. The number of nitrogens with zero attached hydrogens (tertiary/aromatic N) is 3. The molecule has 26 heavy (non-hydrogen) atoms. The van der Waals surface area contributed by atoms with Gasteiger partial charge in [0.1, 0.15) is 12.3 Å². The second-order valence-electron chi connectivity index (χ2n) is 5.60. The van der Waals surface area contributed by atoms with Crippen molar-refractivity contribution in [2.24, 2.45) is 0 Å². The van der Waals surface area contributed by atoms with Gasteiger partial charge >= 0.3 is 0 Å². The second-order valence-corrected chi connectivity index (χ2v) is 5.60. The van der Waals surface area contributed by atoms with Gasteiger partial charge < -0.3 is 10.1 Å². The first-order valence-corrected chi connectivity index (χ1v) is 8.02. The van der Waals surface area contributed by atoms with Crippen LogP contribution in [0.2, 0.25) is 0 Å². The summed E-state index contributed by atoms with van der Waals surface area (Å²) in [5, 5.41) is 2.77. The fraction of sp³-hybridized carbons (Fsp3) is 0.158. The Labute approximate surface area is 150 Å². The molecule has 1 amide bonds. The molecule has 0 saturated carbocycles. The van der Waals surface area contributed by atoms with Crippen LogP contribution in [-0.4, -0.2) is 27.6 Å². The predicted octanol–water partition coefficient (Wildman–Crippen LogP) is 1.63. The molecule has 132 valence electrons. The van der Waals surface area contributed by atoms with Gasteiger partial charge in [0.15, 0.2) is 0 Å². The van der Waals surface area contributed by atoms with Gasteiger partial charge in [-0.1, -0.05) is 0 Å². The zero-order chi connectivity index (χ0) is 18.4. The normalized spacial score (nSPS) is 10.3. The number of nitrogens with one attached hydrogen (secondary N) is 1. The topological polar surface area (TPSA) is 86.1 Å². The number of hydrogen-bond donors (Lipinski definition) is 1. The minimum Gasteiger partial charge on any atom is -0.497 e. The molecule has 0 atom stereocenters. The average Bonchev–Trinajstić information content (AvgIpc) is 2.69. The van der Waals surface area contributed by atoms with Gasteiger partial charge in [-0.15, -0.1) is 0 Å². The Balaban J connectivity index is 1.65. The number of benzene rings is 1. The quantitative estimate of drug-likeness (QED) is 0.730.